The maximum absolute atomic E-state index is 13.6. The summed E-state index contributed by atoms with van der Waals surface area (Å²) in [5.41, 5.74) is 4.27. The van der Waals surface area contributed by atoms with E-state index in [4.69, 9.17) is 11.6 Å². The predicted octanol–water partition coefficient (Wildman–Crippen LogP) is 3.91. The third kappa shape index (κ3) is 3.44. The molecule has 0 radical (unpaired) electrons. The van der Waals surface area contributed by atoms with Crippen molar-refractivity contribution in [1.29, 1.82) is 0 Å². The molecule has 0 atom stereocenters. The van der Waals surface area contributed by atoms with Crippen LogP contribution < -0.4 is 5.32 Å². The van der Waals surface area contributed by atoms with Crippen LogP contribution in [0.5, 0.6) is 0 Å². The van der Waals surface area contributed by atoms with Gasteiger partial charge in [-0.05, 0) is 44.4 Å². The van der Waals surface area contributed by atoms with Gasteiger partial charge >= 0.3 is 0 Å². The fraction of sp³-hybridized carbons (Fsp3) is 0.438. The van der Waals surface area contributed by atoms with Crippen molar-refractivity contribution in [2.45, 2.75) is 47.3 Å². The largest absolute Gasteiger partial charge is 0.307 e. The van der Waals surface area contributed by atoms with Gasteiger partial charge in [0.1, 0.15) is 5.82 Å². The van der Waals surface area contributed by atoms with E-state index in [0.29, 0.717) is 24.2 Å². The topological polar surface area (TPSA) is 29.9 Å². The van der Waals surface area contributed by atoms with Gasteiger partial charge in [0.15, 0.2) is 0 Å². The third-order valence-electron chi connectivity index (χ3n) is 3.57. The van der Waals surface area contributed by atoms with E-state index in [-0.39, 0.29) is 5.82 Å². The lowest BCUT2D eigenvalue weighted by Crippen LogP contribution is -2.16. The molecule has 0 saturated carbocycles. The van der Waals surface area contributed by atoms with Crippen molar-refractivity contribution in [2.24, 2.45) is 0 Å². The molecule has 0 aliphatic carbocycles. The molecule has 1 aromatic heterocycles. The molecule has 114 valence electrons. The van der Waals surface area contributed by atoms with E-state index in [1.165, 1.54) is 0 Å². The predicted molar refractivity (Wildman–Crippen MR) is 84.1 cm³/mol. The first-order valence-electron chi connectivity index (χ1n) is 7.12. The highest BCUT2D eigenvalue weighted by Crippen LogP contribution is 2.20. The van der Waals surface area contributed by atoms with Crippen molar-refractivity contribution in [3.8, 4) is 0 Å². The van der Waals surface area contributed by atoms with Crippen molar-refractivity contribution >= 4 is 11.6 Å². The summed E-state index contributed by atoms with van der Waals surface area (Å²) in [6.07, 6.45) is 0. The normalized spacial score (nSPS) is 11.1. The highest BCUT2D eigenvalue weighted by Gasteiger charge is 2.12. The molecule has 21 heavy (non-hydrogen) atoms. The van der Waals surface area contributed by atoms with Crippen LogP contribution in [-0.2, 0) is 19.6 Å². The van der Waals surface area contributed by atoms with Crippen LogP contribution in [0.1, 0.15) is 35.0 Å². The highest BCUT2D eigenvalue weighted by atomic mass is 35.5. The summed E-state index contributed by atoms with van der Waals surface area (Å²) in [4.78, 5) is 0. The minimum Gasteiger partial charge on any atom is -0.307 e. The smallest absolute Gasteiger partial charge is 0.129 e. The standard InChI is InChI=1S/C16H21ClFN3/c1-5-21-14(15(17)12(4)20-21)9-19-8-13-6-10(2)16(18)11(3)7-13/h6-7,19H,5,8-9H2,1-4H3. The first-order chi connectivity index (χ1) is 9.93. The summed E-state index contributed by atoms with van der Waals surface area (Å²) >= 11 is 6.27. The second kappa shape index (κ2) is 6.58. The minimum absolute atomic E-state index is 0.124. The molecule has 1 N–H and O–H groups in total. The maximum atomic E-state index is 13.6. The fourth-order valence-corrected chi connectivity index (χ4v) is 2.70. The van der Waals surface area contributed by atoms with Crippen molar-refractivity contribution in [3.05, 3.63) is 51.1 Å². The molecule has 1 aromatic carbocycles. The Hall–Kier alpha value is -1.39. The summed E-state index contributed by atoms with van der Waals surface area (Å²) in [5.74, 6) is -0.124. The van der Waals surface area contributed by atoms with Crippen LogP contribution in [0.4, 0.5) is 4.39 Å². The SMILES string of the molecule is CCn1nc(C)c(Cl)c1CNCc1cc(C)c(F)c(C)c1. The van der Waals surface area contributed by atoms with Crippen molar-refractivity contribution in [3.63, 3.8) is 0 Å². The second-order valence-corrected chi connectivity index (χ2v) is 5.69. The zero-order valence-corrected chi connectivity index (χ0v) is 13.7. The Bertz CT molecular complexity index is 626. The summed E-state index contributed by atoms with van der Waals surface area (Å²) in [6.45, 7) is 9.63. The van der Waals surface area contributed by atoms with Crippen LogP contribution in [0, 0.1) is 26.6 Å². The molecule has 0 bridgehead atoms. The Kier molecular flexibility index (Phi) is 5.01. The Morgan fingerprint density at radius 3 is 2.38 bits per heavy atom. The number of halogens is 2. The molecule has 0 unspecified atom stereocenters. The molecule has 0 saturated heterocycles. The van der Waals surface area contributed by atoms with E-state index in [2.05, 4.69) is 10.4 Å². The Balaban J connectivity index is 2.05. The monoisotopic (exact) mass is 309 g/mol. The maximum Gasteiger partial charge on any atom is 0.129 e. The van der Waals surface area contributed by atoms with E-state index in [1.807, 2.05) is 30.7 Å². The number of benzene rings is 1. The molecule has 1 heterocycles. The van der Waals surface area contributed by atoms with Crippen molar-refractivity contribution in [1.82, 2.24) is 15.1 Å². The Morgan fingerprint density at radius 2 is 1.81 bits per heavy atom. The molecule has 2 aromatic rings. The molecule has 2 rings (SSSR count). The molecule has 0 spiro atoms. The van der Waals surface area contributed by atoms with Crippen molar-refractivity contribution < 1.29 is 4.39 Å². The van der Waals surface area contributed by atoms with E-state index < -0.39 is 0 Å². The van der Waals surface area contributed by atoms with Gasteiger partial charge in [-0.1, -0.05) is 23.7 Å². The quantitative estimate of drug-likeness (QED) is 0.907. The van der Waals surface area contributed by atoms with Gasteiger partial charge in [0, 0.05) is 19.6 Å². The van der Waals surface area contributed by atoms with Gasteiger partial charge in [0.25, 0.3) is 0 Å². The van der Waals surface area contributed by atoms with Crippen LogP contribution in [0.25, 0.3) is 0 Å². The minimum atomic E-state index is -0.124. The zero-order valence-electron chi connectivity index (χ0n) is 12.9. The molecule has 0 aliphatic rings. The molecule has 0 fully saturated rings. The van der Waals surface area contributed by atoms with Crippen LogP contribution in [0.2, 0.25) is 5.02 Å². The van der Waals surface area contributed by atoms with Gasteiger partial charge in [-0.15, -0.1) is 0 Å². The molecule has 0 amide bonds. The zero-order chi connectivity index (χ0) is 15.6. The van der Waals surface area contributed by atoms with Crippen molar-refractivity contribution in [2.75, 3.05) is 0 Å². The van der Waals surface area contributed by atoms with E-state index in [0.717, 1.165) is 28.5 Å². The van der Waals surface area contributed by atoms with E-state index >= 15 is 0 Å². The Morgan fingerprint density at radius 1 is 1.19 bits per heavy atom. The van der Waals surface area contributed by atoms with E-state index in [9.17, 15) is 4.39 Å². The number of rotatable bonds is 5. The lowest BCUT2D eigenvalue weighted by atomic mass is 10.1. The van der Waals surface area contributed by atoms with Crippen LogP contribution >= 0.6 is 11.6 Å². The van der Waals surface area contributed by atoms with Gasteiger partial charge in [0.05, 0.1) is 16.4 Å². The van der Waals surface area contributed by atoms with Gasteiger partial charge < -0.3 is 5.32 Å². The third-order valence-corrected chi connectivity index (χ3v) is 4.06. The number of hydrogen-bond acceptors (Lipinski definition) is 2. The molecule has 3 nitrogen and oxygen atoms in total. The van der Waals surface area contributed by atoms with Crippen LogP contribution in [-0.4, -0.2) is 9.78 Å². The average molecular weight is 310 g/mol. The number of aryl methyl sites for hydroxylation is 4. The summed E-state index contributed by atoms with van der Waals surface area (Å²) in [6, 6.07) is 3.75. The lowest BCUT2D eigenvalue weighted by Gasteiger charge is -2.10. The molecular formula is C16H21ClFN3. The Labute approximate surface area is 130 Å². The first-order valence-corrected chi connectivity index (χ1v) is 7.50. The van der Waals surface area contributed by atoms with Gasteiger partial charge in [-0.25, -0.2) is 4.39 Å². The second-order valence-electron chi connectivity index (χ2n) is 5.31. The number of nitrogens with zero attached hydrogens (tertiary/aromatic N) is 2. The van der Waals surface area contributed by atoms with Crippen LogP contribution in [0.15, 0.2) is 12.1 Å². The summed E-state index contributed by atoms with van der Waals surface area (Å²) in [7, 11) is 0. The summed E-state index contributed by atoms with van der Waals surface area (Å²) in [5, 5.41) is 8.46. The average Bonchev–Trinajstić information content (AvgIpc) is 2.72. The molecule has 0 aliphatic heterocycles. The number of hydrogen-bond donors (Lipinski definition) is 1. The first kappa shape index (κ1) is 16.0. The van der Waals surface area contributed by atoms with Gasteiger partial charge in [-0.2, -0.15) is 5.10 Å². The lowest BCUT2D eigenvalue weighted by molar-refractivity contribution is 0.577. The molecule has 5 heteroatoms. The number of nitrogens with one attached hydrogen (secondary N) is 1. The van der Waals surface area contributed by atoms with Gasteiger partial charge in [-0.3, -0.25) is 4.68 Å². The van der Waals surface area contributed by atoms with Crippen LogP contribution in [0.3, 0.4) is 0 Å². The van der Waals surface area contributed by atoms with E-state index in [1.54, 1.807) is 13.8 Å². The number of aromatic nitrogens is 2. The summed E-state index contributed by atoms with van der Waals surface area (Å²) < 4.78 is 15.5. The highest BCUT2D eigenvalue weighted by molar-refractivity contribution is 6.31. The van der Waals surface area contributed by atoms with Gasteiger partial charge in [0.2, 0.25) is 0 Å². The molecular weight excluding hydrogens is 289 g/mol. The fourth-order valence-electron chi connectivity index (χ4n) is 2.50.